The zero-order valence-corrected chi connectivity index (χ0v) is 18.3. The Hall–Kier alpha value is -3.42. The van der Waals surface area contributed by atoms with Crippen LogP contribution in [0.1, 0.15) is 40.4 Å². The number of hydrogen-bond donors (Lipinski definition) is 3. The van der Waals surface area contributed by atoms with Crippen LogP contribution in [0.2, 0.25) is 0 Å². The van der Waals surface area contributed by atoms with E-state index in [-0.39, 0.29) is 30.8 Å². The summed E-state index contributed by atoms with van der Waals surface area (Å²) in [6.07, 6.45) is -9.31. The van der Waals surface area contributed by atoms with E-state index in [2.05, 4.69) is 10.3 Å². The zero-order chi connectivity index (χ0) is 26.8. The number of halogens is 7. The van der Waals surface area contributed by atoms with Gasteiger partial charge in [-0.3, -0.25) is 14.6 Å². The molecule has 0 spiro atoms. The van der Waals surface area contributed by atoms with Gasteiger partial charge in [0.2, 0.25) is 5.91 Å². The highest BCUT2D eigenvalue weighted by Gasteiger charge is 2.48. The Kier molecular flexibility index (Phi) is 7.76. The lowest BCUT2D eigenvalue weighted by Crippen LogP contribution is -2.44. The summed E-state index contributed by atoms with van der Waals surface area (Å²) in [7, 11) is 0. The van der Waals surface area contributed by atoms with Gasteiger partial charge in [-0.25, -0.2) is 4.39 Å². The number of pyridine rings is 1. The van der Waals surface area contributed by atoms with Crippen LogP contribution in [-0.4, -0.2) is 63.5 Å². The summed E-state index contributed by atoms with van der Waals surface area (Å²) in [5.41, 5.74) is -1.76. The van der Waals surface area contributed by atoms with Gasteiger partial charge in [0.15, 0.2) is 0 Å². The van der Waals surface area contributed by atoms with Crippen molar-refractivity contribution in [1.82, 2.24) is 9.88 Å². The molecule has 196 valence electrons. The highest BCUT2D eigenvalue weighted by molar-refractivity contribution is 5.96. The molecule has 7 nitrogen and oxygen atoms in total. The van der Waals surface area contributed by atoms with Crippen LogP contribution in [0.5, 0.6) is 5.75 Å². The first kappa shape index (κ1) is 27.2. The molecule has 1 aliphatic rings. The van der Waals surface area contributed by atoms with E-state index in [0.717, 1.165) is 12.3 Å². The number of benzene rings is 1. The smallest absolute Gasteiger partial charge is 0.408 e. The van der Waals surface area contributed by atoms with Crippen molar-refractivity contribution in [3.8, 4) is 5.75 Å². The van der Waals surface area contributed by atoms with Gasteiger partial charge in [0.05, 0.1) is 13.0 Å². The minimum atomic E-state index is -4.96. The number of likely N-dealkylation sites (tertiary alicyclic amines) is 1. The Morgan fingerprint density at radius 3 is 2.47 bits per heavy atom. The number of amides is 2. The first-order chi connectivity index (χ1) is 16.7. The molecule has 2 aromatic rings. The van der Waals surface area contributed by atoms with E-state index in [4.69, 9.17) is 5.11 Å². The molecule has 0 radical (unpaired) electrons. The predicted octanol–water partition coefficient (Wildman–Crippen LogP) is 3.91. The van der Waals surface area contributed by atoms with Crippen LogP contribution in [0.25, 0.3) is 0 Å². The highest BCUT2D eigenvalue weighted by Crippen LogP contribution is 2.39. The highest BCUT2D eigenvalue weighted by atomic mass is 19.4. The maximum atomic E-state index is 14.4. The lowest BCUT2D eigenvalue weighted by molar-refractivity contribution is -0.169. The second-order valence-electron chi connectivity index (χ2n) is 8.13. The first-order valence-electron chi connectivity index (χ1n) is 10.5. The minimum absolute atomic E-state index is 0.0419. The molecule has 2 unspecified atom stereocenters. The summed E-state index contributed by atoms with van der Waals surface area (Å²) in [6.45, 7) is -1.55. The topological polar surface area (TPSA) is 103 Å². The molecule has 3 rings (SSSR count). The quantitative estimate of drug-likeness (QED) is 0.499. The van der Waals surface area contributed by atoms with E-state index in [1.165, 1.54) is 6.07 Å². The molecule has 0 aliphatic carbocycles. The van der Waals surface area contributed by atoms with Gasteiger partial charge in [-0.05, 0) is 37.1 Å². The molecule has 0 bridgehead atoms. The second-order valence-corrected chi connectivity index (χ2v) is 8.13. The Morgan fingerprint density at radius 2 is 1.86 bits per heavy atom. The fourth-order valence-corrected chi connectivity index (χ4v) is 3.91. The fraction of sp³-hybridized carbons (Fsp3) is 0.409. The Morgan fingerprint density at radius 1 is 1.17 bits per heavy atom. The van der Waals surface area contributed by atoms with E-state index in [1.54, 1.807) is 0 Å². The second kappa shape index (κ2) is 10.3. The molecular weight excluding hydrogens is 503 g/mol. The number of rotatable bonds is 6. The first-order valence-corrected chi connectivity index (χ1v) is 10.5. The van der Waals surface area contributed by atoms with E-state index in [1.807, 2.05) is 0 Å². The van der Waals surface area contributed by atoms with E-state index >= 15 is 0 Å². The lowest BCUT2D eigenvalue weighted by Gasteiger charge is -2.26. The summed E-state index contributed by atoms with van der Waals surface area (Å²) in [6, 6.07) is 1.32. The summed E-state index contributed by atoms with van der Waals surface area (Å²) in [5.74, 6) is -6.62. The number of alkyl halides is 6. The van der Waals surface area contributed by atoms with Crippen LogP contribution in [-0.2, 0) is 11.2 Å². The van der Waals surface area contributed by atoms with Crippen LogP contribution in [0.4, 0.5) is 36.4 Å². The molecule has 36 heavy (non-hydrogen) atoms. The van der Waals surface area contributed by atoms with Gasteiger partial charge in [0.25, 0.3) is 5.91 Å². The summed E-state index contributed by atoms with van der Waals surface area (Å²) < 4.78 is 92.9. The van der Waals surface area contributed by atoms with Crippen molar-refractivity contribution in [2.24, 2.45) is 0 Å². The average Bonchev–Trinajstić information content (AvgIpc) is 3.27. The fourth-order valence-electron chi connectivity index (χ4n) is 3.91. The summed E-state index contributed by atoms with van der Waals surface area (Å²) >= 11 is 0. The largest absolute Gasteiger partial charge is 0.508 e. The van der Waals surface area contributed by atoms with Crippen LogP contribution < -0.4 is 5.32 Å². The number of aromatic hydroxyl groups is 1. The average molecular weight is 523 g/mol. The maximum Gasteiger partial charge on any atom is 0.408 e. The van der Waals surface area contributed by atoms with Crippen molar-refractivity contribution in [2.75, 3.05) is 18.5 Å². The Bertz CT molecular complexity index is 1140. The number of nitrogens with one attached hydrogen (secondary N) is 1. The molecule has 2 heterocycles. The Balaban J connectivity index is 1.73. The number of hydrogen-bond acceptors (Lipinski definition) is 5. The number of phenols is 1. The number of anilines is 1. The number of aliphatic hydroxyl groups is 1. The van der Waals surface area contributed by atoms with E-state index in [0.29, 0.717) is 17.0 Å². The van der Waals surface area contributed by atoms with Gasteiger partial charge in [-0.1, -0.05) is 0 Å². The van der Waals surface area contributed by atoms with Crippen molar-refractivity contribution in [1.29, 1.82) is 0 Å². The molecule has 14 heteroatoms. The third kappa shape index (κ3) is 6.04. The molecule has 2 atom stereocenters. The molecule has 1 fully saturated rings. The lowest BCUT2D eigenvalue weighted by atomic mass is 9.95. The number of carbonyl (C=O) groups excluding carboxylic acids is 2. The maximum absolute atomic E-state index is 14.4. The molecule has 2 amide bonds. The van der Waals surface area contributed by atoms with Crippen LogP contribution in [0.3, 0.4) is 0 Å². The number of aromatic nitrogens is 1. The van der Waals surface area contributed by atoms with Gasteiger partial charge < -0.3 is 20.4 Å². The minimum Gasteiger partial charge on any atom is -0.508 e. The molecule has 1 aliphatic heterocycles. The van der Waals surface area contributed by atoms with Gasteiger partial charge in [0.1, 0.15) is 29.2 Å². The predicted molar refractivity (Wildman–Crippen MR) is 111 cm³/mol. The van der Waals surface area contributed by atoms with Crippen molar-refractivity contribution in [3.63, 3.8) is 0 Å². The summed E-state index contributed by atoms with van der Waals surface area (Å²) in [4.78, 5) is 29.3. The molecule has 0 saturated carbocycles. The van der Waals surface area contributed by atoms with Crippen LogP contribution in [0, 0.1) is 5.82 Å². The van der Waals surface area contributed by atoms with Gasteiger partial charge >= 0.3 is 12.4 Å². The number of aliphatic hydroxyl groups excluding tert-OH is 1. The third-order valence-electron chi connectivity index (χ3n) is 5.65. The van der Waals surface area contributed by atoms with Crippen molar-refractivity contribution >= 4 is 17.5 Å². The number of nitrogens with zero attached hydrogens (tertiary/aromatic N) is 2. The molecule has 3 N–H and O–H groups in total. The number of phenolic OH excluding ortho intramolecular Hbond substituents is 1. The van der Waals surface area contributed by atoms with Crippen molar-refractivity contribution in [2.45, 2.75) is 43.6 Å². The molecule has 1 aromatic heterocycles. The molecule has 1 saturated heterocycles. The van der Waals surface area contributed by atoms with Crippen LogP contribution in [0.15, 0.2) is 30.5 Å². The molecule has 1 aromatic carbocycles. The van der Waals surface area contributed by atoms with Crippen molar-refractivity contribution < 1.29 is 50.5 Å². The van der Waals surface area contributed by atoms with Gasteiger partial charge in [-0.15, -0.1) is 0 Å². The van der Waals surface area contributed by atoms with E-state index in [9.17, 15) is 45.4 Å². The normalized spacial score (nSPS) is 17.2. The monoisotopic (exact) mass is 523 g/mol. The van der Waals surface area contributed by atoms with Crippen LogP contribution >= 0.6 is 0 Å². The summed E-state index contributed by atoms with van der Waals surface area (Å²) in [5, 5.41) is 21.2. The Labute approximate surface area is 199 Å². The SMILES string of the molecule is O=C(Cc1cc(O)c(C(CO)C(F)(F)F)cc1F)Nc1ccnc(C(=O)N2CCCC2C(F)(F)F)c1. The van der Waals surface area contributed by atoms with Gasteiger partial charge in [0, 0.05) is 29.6 Å². The standard InChI is InChI=1S/C22H20F7N3O4/c23-15-9-13(14(10-33)21(24,25)26)17(34)6-11(15)7-19(35)31-12-3-4-30-16(8-12)20(36)32-5-1-2-18(32)22(27,28)29/h3-4,6,8-9,14,18,33-34H,1-2,5,7,10H2,(H,30,31,35). The number of carbonyl (C=O) groups is 2. The third-order valence-corrected chi connectivity index (χ3v) is 5.65. The van der Waals surface area contributed by atoms with Crippen molar-refractivity contribution in [3.05, 3.63) is 53.1 Å². The molecular formula is C22H20F7N3O4. The van der Waals surface area contributed by atoms with E-state index < -0.39 is 71.8 Å². The zero-order valence-electron chi connectivity index (χ0n) is 18.3. The van der Waals surface area contributed by atoms with Gasteiger partial charge in [-0.2, -0.15) is 26.3 Å².